The van der Waals surface area contributed by atoms with Crippen LogP contribution in [0.5, 0.6) is 0 Å². The maximum absolute atomic E-state index is 12.5. The maximum atomic E-state index is 12.5. The molecular formula is C21H18N2OS. The van der Waals surface area contributed by atoms with Crippen molar-refractivity contribution in [3.63, 3.8) is 0 Å². The van der Waals surface area contributed by atoms with Crippen molar-refractivity contribution >= 4 is 38.4 Å². The van der Waals surface area contributed by atoms with Gasteiger partial charge in [-0.05, 0) is 43.7 Å². The quantitative estimate of drug-likeness (QED) is 0.567. The van der Waals surface area contributed by atoms with Crippen molar-refractivity contribution < 1.29 is 4.79 Å². The van der Waals surface area contributed by atoms with Crippen molar-refractivity contribution in [2.24, 2.45) is 0 Å². The predicted molar refractivity (Wildman–Crippen MR) is 104 cm³/mol. The van der Waals surface area contributed by atoms with Crippen LogP contribution in [-0.4, -0.2) is 10.9 Å². The fourth-order valence-corrected chi connectivity index (χ4v) is 3.78. The summed E-state index contributed by atoms with van der Waals surface area (Å²) in [7, 11) is 0. The van der Waals surface area contributed by atoms with E-state index in [2.05, 4.69) is 54.5 Å². The third kappa shape index (κ3) is 3.26. The molecule has 0 bridgehead atoms. The van der Waals surface area contributed by atoms with Crippen molar-refractivity contribution in [1.82, 2.24) is 10.3 Å². The zero-order valence-corrected chi connectivity index (χ0v) is 15.0. The Kier molecular flexibility index (Phi) is 3.98. The van der Waals surface area contributed by atoms with Crippen LogP contribution in [0.3, 0.4) is 0 Å². The highest BCUT2D eigenvalue weighted by molar-refractivity contribution is 7.20. The number of hydrogen-bond acceptors (Lipinski definition) is 3. The lowest BCUT2D eigenvalue weighted by Crippen LogP contribution is -2.21. The fraction of sp³-hybridized carbons (Fsp3) is 0.143. The third-order valence-electron chi connectivity index (χ3n) is 4.25. The van der Waals surface area contributed by atoms with Gasteiger partial charge < -0.3 is 5.32 Å². The van der Waals surface area contributed by atoms with Crippen molar-refractivity contribution in [2.45, 2.75) is 20.4 Å². The Bertz CT molecular complexity index is 1080. The predicted octanol–water partition coefficient (Wildman–Crippen LogP) is 5.00. The molecule has 2 aromatic carbocycles. The number of carbonyl (C=O) groups is 1. The molecule has 4 heteroatoms. The highest BCUT2D eigenvalue weighted by atomic mass is 32.1. The van der Waals surface area contributed by atoms with Crippen molar-refractivity contribution in [1.29, 1.82) is 0 Å². The number of rotatable bonds is 3. The van der Waals surface area contributed by atoms with Crippen molar-refractivity contribution in [3.05, 3.63) is 76.2 Å². The van der Waals surface area contributed by atoms with Gasteiger partial charge in [-0.1, -0.05) is 41.5 Å². The van der Waals surface area contributed by atoms with Crippen LogP contribution in [0.15, 0.2) is 54.6 Å². The minimum absolute atomic E-state index is 0.0520. The van der Waals surface area contributed by atoms with Crippen LogP contribution < -0.4 is 5.32 Å². The topological polar surface area (TPSA) is 42.0 Å². The maximum Gasteiger partial charge on any atom is 0.261 e. The van der Waals surface area contributed by atoms with E-state index in [0.717, 1.165) is 26.7 Å². The number of amides is 1. The van der Waals surface area contributed by atoms with Gasteiger partial charge in [0.05, 0.1) is 10.4 Å². The van der Waals surface area contributed by atoms with Gasteiger partial charge in [-0.25, -0.2) is 4.98 Å². The highest BCUT2D eigenvalue weighted by Gasteiger charge is 2.12. The number of carbonyl (C=O) groups excluding carboxylic acids is 1. The molecule has 25 heavy (non-hydrogen) atoms. The standard InChI is InChI=1S/C21H18N2OS/c1-13-3-6-15(7-4-13)12-22-20(24)19-11-17-10-16-9-14(2)5-8-18(16)23-21(17)25-19/h3-11H,12H2,1-2H3,(H,22,24). The molecule has 2 heterocycles. The molecular weight excluding hydrogens is 328 g/mol. The van der Waals surface area contributed by atoms with Crippen molar-refractivity contribution in [2.75, 3.05) is 0 Å². The van der Waals surface area contributed by atoms with Gasteiger partial charge in [-0.15, -0.1) is 11.3 Å². The molecule has 4 aromatic rings. The lowest BCUT2D eigenvalue weighted by molar-refractivity contribution is 0.0955. The van der Waals surface area contributed by atoms with Gasteiger partial charge >= 0.3 is 0 Å². The monoisotopic (exact) mass is 346 g/mol. The van der Waals surface area contributed by atoms with E-state index in [9.17, 15) is 4.79 Å². The molecule has 3 nitrogen and oxygen atoms in total. The minimum atomic E-state index is -0.0520. The molecule has 124 valence electrons. The Hall–Kier alpha value is -2.72. The van der Waals surface area contributed by atoms with E-state index in [1.807, 2.05) is 24.3 Å². The summed E-state index contributed by atoms with van der Waals surface area (Å²) in [6.45, 7) is 4.65. The Morgan fingerprint density at radius 2 is 1.72 bits per heavy atom. The summed E-state index contributed by atoms with van der Waals surface area (Å²) in [5, 5.41) is 5.12. The number of nitrogens with zero attached hydrogens (tertiary/aromatic N) is 1. The molecule has 0 aliphatic heterocycles. The van der Waals surface area contributed by atoms with Crippen LogP contribution in [0.1, 0.15) is 26.4 Å². The number of nitrogens with one attached hydrogen (secondary N) is 1. The summed E-state index contributed by atoms with van der Waals surface area (Å²) in [5.41, 5.74) is 4.49. The van der Waals surface area contributed by atoms with Gasteiger partial charge in [0.2, 0.25) is 0 Å². The molecule has 0 saturated carbocycles. The molecule has 0 aliphatic carbocycles. The average molecular weight is 346 g/mol. The molecule has 0 radical (unpaired) electrons. The van der Waals surface area contributed by atoms with Crippen molar-refractivity contribution in [3.8, 4) is 0 Å². The van der Waals surface area contributed by atoms with Crippen LogP contribution in [-0.2, 0) is 6.54 Å². The molecule has 1 N–H and O–H groups in total. The molecule has 0 atom stereocenters. The first-order valence-corrected chi connectivity index (χ1v) is 9.05. The summed E-state index contributed by atoms with van der Waals surface area (Å²) >= 11 is 1.44. The van der Waals surface area contributed by atoms with E-state index in [4.69, 9.17) is 0 Å². The number of fused-ring (bicyclic) bond motifs is 2. The zero-order valence-electron chi connectivity index (χ0n) is 14.2. The number of hydrogen-bond donors (Lipinski definition) is 1. The van der Waals surface area contributed by atoms with Crippen LogP contribution in [0.25, 0.3) is 21.1 Å². The fourth-order valence-electron chi connectivity index (χ4n) is 2.84. The Balaban J connectivity index is 1.58. The van der Waals surface area contributed by atoms with E-state index in [0.29, 0.717) is 11.4 Å². The molecule has 0 unspecified atom stereocenters. The zero-order chi connectivity index (χ0) is 17.4. The van der Waals surface area contributed by atoms with E-state index < -0.39 is 0 Å². The largest absolute Gasteiger partial charge is 0.347 e. The highest BCUT2D eigenvalue weighted by Crippen LogP contribution is 2.28. The SMILES string of the molecule is Cc1ccc(CNC(=O)c2cc3cc4cc(C)ccc4nc3s2)cc1. The first-order valence-electron chi connectivity index (χ1n) is 8.23. The number of thiophene rings is 1. The lowest BCUT2D eigenvalue weighted by atomic mass is 10.1. The number of benzene rings is 2. The Labute approximate surface area is 150 Å². The Morgan fingerprint density at radius 3 is 2.52 bits per heavy atom. The second-order valence-electron chi connectivity index (χ2n) is 6.36. The number of pyridine rings is 1. The summed E-state index contributed by atoms with van der Waals surface area (Å²) in [5.74, 6) is -0.0520. The molecule has 0 spiro atoms. The van der Waals surface area contributed by atoms with E-state index in [1.54, 1.807) is 0 Å². The van der Waals surface area contributed by atoms with Crippen LogP contribution >= 0.6 is 11.3 Å². The van der Waals surface area contributed by atoms with Crippen LogP contribution in [0.4, 0.5) is 0 Å². The average Bonchev–Trinajstić information content (AvgIpc) is 3.02. The summed E-state index contributed by atoms with van der Waals surface area (Å²) in [6.07, 6.45) is 0. The summed E-state index contributed by atoms with van der Waals surface area (Å²) < 4.78 is 0. The second-order valence-corrected chi connectivity index (χ2v) is 7.39. The molecule has 4 rings (SSSR count). The smallest absolute Gasteiger partial charge is 0.261 e. The number of aromatic nitrogens is 1. The van der Waals surface area contributed by atoms with E-state index in [-0.39, 0.29) is 5.91 Å². The third-order valence-corrected chi connectivity index (χ3v) is 5.30. The van der Waals surface area contributed by atoms with Gasteiger partial charge in [0.15, 0.2) is 0 Å². The van der Waals surface area contributed by atoms with Gasteiger partial charge in [0, 0.05) is 17.3 Å². The van der Waals surface area contributed by atoms with E-state index in [1.165, 1.54) is 22.5 Å². The molecule has 2 aromatic heterocycles. The number of aryl methyl sites for hydroxylation is 2. The summed E-state index contributed by atoms with van der Waals surface area (Å²) in [6, 6.07) is 18.4. The van der Waals surface area contributed by atoms with Crippen LogP contribution in [0, 0.1) is 13.8 Å². The minimum Gasteiger partial charge on any atom is -0.347 e. The second kappa shape index (κ2) is 6.30. The molecule has 0 fully saturated rings. The first kappa shape index (κ1) is 15.8. The normalized spacial score (nSPS) is 11.1. The van der Waals surface area contributed by atoms with Crippen LogP contribution in [0.2, 0.25) is 0 Å². The molecule has 0 aliphatic rings. The van der Waals surface area contributed by atoms with Gasteiger partial charge in [0.1, 0.15) is 4.83 Å². The molecule has 0 saturated heterocycles. The van der Waals surface area contributed by atoms with Gasteiger partial charge in [0.25, 0.3) is 5.91 Å². The Morgan fingerprint density at radius 1 is 0.960 bits per heavy atom. The first-order chi connectivity index (χ1) is 12.1. The summed E-state index contributed by atoms with van der Waals surface area (Å²) in [4.78, 5) is 18.8. The molecule has 1 amide bonds. The lowest BCUT2D eigenvalue weighted by Gasteiger charge is -2.04. The van der Waals surface area contributed by atoms with Gasteiger partial charge in [-0.3, -0.25) is 4.79 Å². The van der Waals surface area contributed by atoms with Gasteiger partial charge in [-0.2, -0.15) is 0 Å². The van der Waals surface area contributed by atoms with E-state index >= 15 is 0 Å².